The van der Waals surface area contributed by atoms with Gasteiger partial charge in [-0.15, -0.1) is 0 Å². The van der Waals surface area contributed by atoms with Crippen molar-refractivity contribution >= 4 is 16.5 Å². The fraction of sp³-hybridized carbons (Fsp3) is 0.538. The molecule has 100 valence electrons. The molecule has 2 atom stereocenters. The Morgan fingerprint density at radius 3 is 3.11 bits per heavy atom. The molecule has 1 aromatic rings. The van der Waals surface area contributed by atoms with Gasteiger partial charge in [0, 0.05) is 23.7 Å². The average Bonchev–Trinajstić information content (AvgIpc) is 2.39. The summed E-state index contributed by atoms with van der Waals surface area (Å²) in [5.74, 6) is 0.542. The van der Waals surface area contributed by atoms with Gasteiger partial charge in [-0.1, -0.05) is 13.0 Å². The Balaban J connectivity index is 1.95. The van der Waals surface area contributed by atoms with E-state index in [0.717, 1.165) is 31.1 Å². The van der Waals surface area contributed by atoms with E-state index in [2.05, 4.69) is 11.8 Å². The molecule has 0 radical (unpaired) electrons. The molecule has 0 saturated carbocycles. The third-order valence-electron chi connectivity index (χ3n) is 3.13. The van der Waals surface area contributed by atoms with E-state index in [1.165, 1.54) is 0 Å². The molecular weight excluding hydrogens is 248 g/mol. The van der Waals surface area contributed by atoms with E-state index in [4.69, 9.17) is 10.5 Å². The van der Waals surface area contributed by atoms with E-state index >= 15 is 0 Å². The quantitative estimate of drug-likeness (QED) is 0.831. The molecule has 4 nitrogen and oxygen atoms in total. The highest BCUT2D eigenvalue weighted by Crippen LogP contribution is 2.14. The van der Waals surface area contributed by atoms with Crippen LogP contribution in [-0.2, 0) is 15.5 Å². The number of nitrogen functional groups attached to an aromatic ring is 1. The molecule has 2 unspecified atom stereocenters. The van der Waals surface area contributed by atoms with Gasteiger partial charge in [0.05, 0.1) is 29.3 Å². The van der Waals surface area contributed by atoms with Crippen molar-refractivity contribution in [1.82, 2.24) is 4.90 Å². The zero-order valence-corrected chi connectivity index (χ0v) is 11.5. The number of morpholine rings is 1. The molecule has 18 heavy (non-hydrogen) atoms. The highest BCUT2D eigenvalue weighted by molar-refractivity contribution is 7.85. The van der Waals surface area contributed by atoms with Crippen LogP contribution in [-0.4, -0.2) is 47.2 Å². The molecule has 1 aliphatic rings. The average molecular weight is 268 g/mol. The van der Waals surface area contributed by atoms with Crippen LogP contribution in [0.2, 0.25) is 0 Å². The molecule has 5 heteroatoms. The summed E-state index contributed by atoms with van der Waals surface area (Å²) in [6, 6.07) is 7.27. The minimum absolute atomic E-state index is 0.0564. The normalized spacial score (nSPS) is 22.8. The van der Waals surface area contributed by atoms with Gasteiger partial charge in [0.2, 0.25) is 0 Å². The van der Waals surface area contributed by atoms with Gasteiger partial charge in [-0.25, -0.2) is 0 Å². The second-order valence-electron chi connectivity index (χ2n) is 4.47. The summed E-state index contributed by atoms with van der Waals surface area (Å²) in [6.45, 7) is 5.72. The van der Waals surface area contributed by atoms with Crippen molar-refractivity contribution in [3.8, 4) is 0 Å². The summed E-state index contributed by atoms with van der Waals surface area (Å²) in [7, 11) is -1.04. The van der Waals surface area contributed by atoms with Crippen LogP contribution in [0.25, 0.3) is 0 Å². The molecule has 1 heterocycles. The number of ether oxygens (including phenoxy) is 1. The third kappa shape index (κ3) is 3.54. The second kappa shape index (κ2) is 6.31. The Labute approximate surface area is 111 Å². The number of likely N-dealkylation sites (N-methyl/N-ethyl adjacent to an activating group) is 1. The van der Waals surface area contributed by atoms with Crippen molar-refractivity contribution in [2.75, 3.05) is 37.7 Å². The smallest absolute Gasteiger partial charge is 0.0821 e. The highest BCUT2D eigenvalue weighted by Gasteiger charge is 2.21. The number of hydrogen-bond donors (Lipinski definition) is 1. The number of hydrogen-bond acceptors (Lipinski definition) is 4. The van der Waals surface area contributed by atoms with Gasteiger partial charge >= 0.3 is 0 Å². The first-order valence-corrected chi connectivity index (χ1v) is 7.59. The molecule has 0 aromatic heterocycles. The standard InChI is InChI=1S/C13H20N2O2S/c1-2-15-6-7-17-12(9-15)10-18(16)13-5-3-4-11(14)8-13/h3-5,8,12H,2,6-7,9-10,14H2,1H3. The molecule has 2 rings (SSSR count). The molecule has 1 aliphatic heterocycles. The van der Waals surface area contributed by atoms with E-state index in [1.807, 2.05) is 12.1 Å². The summed E-state index contributed by atoms with van der Waals surface area (Å²) >= 11 is 0. The maximum absolute atomic E-state index is 12.2. The molecule has 1 saturated heterocycles. The van der Waals surface area contributed by atoms with Crippen LogP contribution in [0.5, 0.6) is 0 Å². The van der Waals surface area contributed by atoms with E-state index in [9.17, 15) is 4.21 Å². The first-order chi connectivity index (χ1) is 8.69. The Bertz CT molecular complexity index is 425. The van der Waals surface area contributed by atoms with Gasteiger partial charge in [0.25, 0.3) is 0 Å². The zero-order chi connectivity index (χ0) is 13.0. The van der Waals surface area contributed by atoms with Gasteiger partial charge in [0.1, 0.15) is 0 Å². The topological polar surface area (TPSA) is 55.6 Å². The van der Waals surface area contributed by atoms with Crippen molar-refractivity contribution in [1.29, 1.82) is 0 Å². The van der Waals surface area contributed by atoms with Crippen LogP contribution in [0.3, 0.4) is 0 Å². The number of nitrogens with two attached hydrogens (primary N) is 1. The molecular formula is C13H20N2O2S. The maximum atomic E-state index is 12.2. The first kappa shape index (κ1) is 13.5. The molecule has 0 aliphatic carbocycles. The summed E-state index contributed by atoms with van der Waals surface area (Å²) in [6.07, 6.45) is 0.0564. The number of anilines is 1. The van der Waals surface area contributed by atoms with Gasteiger partial charge in [-0.05, 0) is 24.7 Å². The lowest BCUT2D eigenvalue weighted by Gasteiger charge is -2.31. The minimum atomic E-state index is -1.04. The Kier molecular flexibility index (Phi) is 4.74. The molecule has 1 fully saturated rings. The van der Waals surface area contributed by atoms with Crippen molar-refractivity contribution in [2.45, 2.75) is 17.9 Å². The molecule has 1 aromatic carbocycles. The molecule has 0 spiro atoms. The fourth-order valence-electron chi connectivity index (χ4n) is 2.09. The predicted molar refractivity (Wildman–Crippen MR) is 74.0 cm³/mol. The maximum Gasteiger partial charge on any atom is 0.0821 e. The number of rotatable bonds is 4. The second-order valence-corrected chi connectivity index (χ2v) is 5.97. The van der Waals surface area contributed by atoms with Gasteiger partial charge in [0.15, 0.2) is 0 Å². The van der Waals surface area contributed by atoms with Crippen molar-refractivity contribution in [3.63, 3.8) is 0 Å². The largest absolute Gasteiger partial charge is 0.399 e. The van der Waals surface area contributed by atoms with Crippen LogP contribution in [0.1, 0.15) is 6.92 Å². The zero-order valence-electron chi connectivity index (χ0n) is 10.7. The lowest BCUT2D eigenvalue weighted by Crippen LogP contribution is -2.44. The van der Waals surface area contributed by atoms with Gasteiger partial charge in [-0.3, -0.25) is 9.11 Å². The van der Waals surface area contributed by atoms with Crippen LogP contribution in [0.15, 0.2) is 29.2 Å². The SMILES string of the molecule is CCN1CCOC(CS(=O)c2cccc(N)c2)C1. The summed E-state index contributed by atoms with van der Waals surface area (Å²) in [5.41, 5.74) is 6.35. The Hall–Kier alpha value is -0.910. The van der Waals surface area contributed by atoms with Crippen molar-refractivity contribution in [3.05, 3.63) is 24.3 Å². The van der Waals surface area contributed by atoms with Crippen LogP contribution >= 0.6 is 0 Å². The fourth-order valence-corrected chi connectivity index (χ4v) is 3.32. The highest BCUT2D eigenvalue weighted by atomic mass is 32.2. The number of benzene rings is 1. The molecule has 0 amide bonds. The summed E-state index contributed by atoms with van der Waals surface area (Å²) in [4.78, 5) is 3.11. The van der Waals surface area contributed by atoms with Gasteiger partial charge in [-0.2, -0.15) is 0 Å². The van der Waals surface area contributed by atoms with E-state index < -0.39 is 10.8 Å². The monoisotopic (exact) mass is 268 g/mol. The Morgan fingerprint density at radius 2 is 2.39 bits per heavy atom. The lowest BCUT2D eigenvalue weighted by molar-refractivity contribution is -0.0141. The Morgan fingerprint density at radius 1 is 1.56 bits per heavy atom. The van der Waals surface area contributed by atoms with Crippen molar-refractivity contribution < 1.29 is 8.95 Å². The van der Waals surface area contributed by atoms with Crippen LogP contribution in [0.4, 0.5) is 5.69 Å². The lowest BCUT2D eigenvalue weighted by atomic mass is 10.3. The molecule has 2 N–H and O–H groups in total. The minimum Gasteiger partial charge on any atom is -0.399 e. The van der Waals surface area contributed by atoms with Crippen LogP contribution < -0.4 is 5.73 Å². The van der Waals surface area contributed by atoms with E-state index in [1.54, 1.807) is 12.1 Å². The summed E-state index contributed by atoms with van der Waals surface area (Å²) in [5, 5.41) is 0. The van der Waals surface area contributed by atoms with Crippen LogP contribution in [0, 0.1) is 0 Å². The predicted octanol–water partition coefficient (Wildman–Crippen LogP) is 1.10. The number of nitrogens with zero attached hydrogens (tertiary/aromatic N) is 1. The van der Waals surface area contributed by atoms with Gasteiger partial charge < -0.3 is 10.5 Å². The summed E-state index contributed by atoms with van der Waals surface area (Å²) < 4.78 is 17.9. The van der Waals surface area contributed by atoms with Crippen molar-refractivity contribution in [2.24, 2.45) is 0 Å². The molecule has 0 bridgehead atoms. The van der Waals surface area contributed by atoms with E-state index in [0.29, 0.717) is 11.4 Å². The van der Waals surface area contributed by atoms with E-state index in [-0.39, 0.29) is 6.10 Å². The third-order valence-corrected chi connectivity index (χ3v) is 4.58. The first-order valence-electron chi connectivity index (χ1n) is 6.27.